The van der Waals surface area contributed by atoms with Gasteiger partial charge in [-0.25, -0.2) is 0 Å². The minimum atomic E-state index is -4.26. The van der Waals surface area contributed by atoms with Crippen LogP contribution >= 0.6 is 23.1 Å². The molecule has 0 aliphatic carbocycles. The van der Waals surface area contributed by atoms with Crippen molar-refractivity contribution in [2.24, 2.45) is 5.92 Å². The standard InChI is InChI=1S/C12H15ClF3N3O2S/c1-7-4-18(6-12(14,15)16)2-3-19(5-7)11(21)9-8(13)10(20)17-22-9/h7H,2-6H2,1H3,(H,17,20). The predicted octanol–water partition coefficient (Wildman–Crippen LogP) is 2.05. The van der Waals surface area contributed by atoms with E-state index in [-0.39, 0.29) is 35.5 Å². The summed E-state index contributed by atoms with van der Waals surface area (Å²) in [6.45, 7) is 1.69. The molecule has 124 valence electrons. The van der Waals surface area contributed by atoms with Crippen LogP contribution in [-0.2, 0) is 0 Å². The molecule has 0 saturated carbocycles. The summed E-state index contributed by atoms with van der Waals surface area (Å²) >= 11 is 6.62. The van der Waals surface area contributed by atoms with Gasteiger partial charge < -0.3 is 4.90 Å². The maximum absolute atomic E-state index is 12.5. The average Bonchev–Trinajstić information content (AvgIpc) is 2.61. The maximum atomic E-state index is 12.5. The Balaban J connectivity index is 2.09. The summed E-state index contributed by atoms with van der Waals surface area (Å²) in [7, 11) is 0. The van der Waals surface area contributed by atoms with E-state index in [1.807, 2.05) is 0 Å². The van der Waals surface area contributed by atoms with Crippen LogP contribution in [0.25, 0.3) is 0 Å². The fourth-order valence-electron chi connectivity index (χ4n) is 2.47. The van der Waals surface area contributed by atoms with Crippen molar-refractivity contribution in [1.82, 2.24) is 14.2 Å². The van der Waals surface area contributed by atoms with Gasteiger partial charge in [0.1, 0.15) is 9.90 Å². The number of aromatic nitrogens is 1. The quantitative estimate of drug-likeness (QED) is 0.881. The minimum Gasteiger partial charge on any atom is -0.336 e. The second-order valence-electron chi connectivity index (χ2n) is 5.38. The molecule has 1 aliphatic heterocycles. The SMILES string of the molecule is CC1CN(CC(F)(F)F)CCN(C(=O)c2s[nH]c(=O)c2Cl)C1. The van der Waals surface area contributed by atoms with E-state index in [0.29, 0.717) is 6.54 Å². The third-order valence-electron chi connectivity index (χ3n) is 3.32. The number of alkyl halides is 3. The van der Waals surface area contributed by atoms with Crippen molar-refractivity contribution in [3.05, 3.63) is 20.3 Å². The zero-order chi connectivity index (χ0) is 16.5. The molecule has 1 amide bonds. The molecule has 1 N–H and O–H groups in total. The van der Waals surface area contributed by atoms with Crippen LogP contribution in [0.3, 0.4) is 0 Å². The lowest BCUT2D eigenvalue weighted by Gasteiger charge is -2.22. The lowest BCUT2D eigenvalue weighted by atomic mass is 10.1. The number of aromatic amines is 1. The number of halogens is 4. The molecule has 2 heterocycles. The third kappa shape index (κ3) is 4.23. The number of amides is 1. The Labute approximate surface area is 133 Å². The molecule has 1 atom stereocenters. The summed E-state index contributed by atoms with van der Waals surface area (Å²) in [6.07, 6.45) is -4.26. The van der Waals surface area contributed by atoms with Gasteiger partial charge in [-0.15, -0.1) is 0 Å². The van der Waals surface area contributed by atoms with Gasteiger partial charge in [-0.3, -0.25) is 18.9 Å². The van der Waals surface area contributed by atoms with Crippen LogP contribution in [0.15, 0.2) is 4.79 Å². The molecule has 0 spiro atoms. The van der Waals surface area contributed by atoms with E-state index < -0.39 is 24.2 Å². The summed E-state index contributed by atoms with van der Waals surface area (Å²) in [4.78, 5) is 26.5. The molecule has 1 fully saturated rings. The van der Waals surface area contributed by atoms with Gasteiger partial charge in [0, 0.05) is 26.2 Å². The lowest BCUT2D eigenvalue weighted by Crippen LogP contribution is -2.38. The maximum Gasteiger partial charge on any atom is 0.401 e. The van der Waals surface area contributed by atoms with Gasteiger partial charge in [0.2, 0.25) is 0 Å². The molecule has 1 aliphatic rings. The summed E-state index contributed by atoms with van der Waals surface area (Å²) in [6, 6.07) is 0. The molecule has 0 bridgehead atoms. The van der Waals surface area contributed by atoms with Gasteiger partial charge in [-0.1, -0.05) is 30.1 Å². The Hall–Kier alpha value is -1.06. The highest BCUT2D eigenvalue weighted by atomic mass is 35.5. The fourth-order valence-corrected chi connectivity index (χ4v) is 3.47. The highest BCUT2D eigenvalue weighted by molar-refractivity contribution is 7.08. The van der Waals surface area contributed by atoms with Gasteiger partial charge in [0.25, 0.3) is 11.5 Å². The van der Waals surface area contributed by atoms with Crippen LogP contribution in [0.4, 0.5) is 13.2 Å². The van der Waals surface area contributed by atoms with Crippen LogP contribution in [-0.4, -0.2) is 59.0 Å². The second-order valence-corrected chi connectivity index (χ2v) is 6.58. The van der Waals surface area contributed by atoms with Crippen LogP contribution < -0.4 is 5.56 Å². The summed E-state index contributed by atoms with van der Waals surface area (Å²) in [5.41, 5.74) is -0.531. The topological polar surface area (TPSA) is 56.4 Å². The van der Waals surface area contributed by atoms with Gasteiger partial charge in [0.05, 0.1) is 6.54 Å². The van der Waals surface area contributed by atoms with Crippen molar-refractivity contribution >= 4 is 29.0 Å². The molecule has 22 heavy (non-hydrogen) atoms. The van der Waals surface area contributed by atoms with Crippen molar-refractivity contribution in [1.29, 1.82) is 0 Å². The molecular weight excluding hydrogens is 343 g/mol. The highest BCUT2D eigenvalue weighted by Gasteiger charge is 2.34. The number of nitrogens with one attached hydrogen (secondary N) is 1. The lowest BCUT2D eigenvalue weighted by molar-refractivity contribution is -0.146. The third-order valence-corrected chi connectivity index (χ3v) is 4.66. The Morgan fingerprint density at radius 2 is 2.09 bits per heavy atom. The van der Waals surface area contributed by atoms with Crippen LogP contribution in [0.1, 0.15) is 16.6 Å². The molecule has 1 saturated heterocycles. The molecule has 2 rings (SSSR count). The van der Waals surface area contributed by atoms with Crippen molar-refractivity contribution in [2.45, 2.75) is 13.1 Å². The fraction of sp³-hybridized carbons (Fsp3) is 0.667. The molecule has 5 nitrogen and oxygen atoms in total. The molecule has 1 unspecified atom stereocenters. The van der Waals surface area contributed by atoms with Crippen molar-refractivity contribution < 1.29 is 18.0 Å². The first-order valence-electron chi connectivity index (χ1n) is 6.62. The smallest absolute Gasteiger partial charge is 0.336 e. The molecular formula is C12H15ClF3N3O2S. The van der Waals surface area contributed by atoms with E-state index >= 15 is 0 Å². The van der Waals surface area contributed by atoms with Gasteiger partial charge >= 0.3 is 6.18 Å². The predicted molar refractivity (Wildman–Crippen MR) is 77.5 cm³/mol. The summed E-state index contributed by atoms with van der Waals surface area (Å²) in [5.74, 6) is -0.530. The molecule has 1 aromatic heterocycles. The highest BCUT2D eigenvalue weighted by Crippen LogP contribution is 2.22. The number of nitrogens with zero attached hydrogens (tertiary/aromatic N) is 2. The Morgan fingerprint density at radius 3 is 2.64 bits per heavy atom. The molecule has 10 heteroatoms. The monoisotopic (exact) mass is 357 g/mol. The van der Waals surface area contributed by atoms with Gasteiger partial charge in [-0.2, -0.15) is 13.2 Å². The Morgan fingerprint density at radius 1 is 1.41 bits per heavy atom. The van der Waals surface area contributed by atoms with Gasteiger partial charge in [-0.05, 0) is 5.92 Å². The van der Waals surface area contributed by atoms with E-state index in [1.165, 1.54) is 9.80 Å². The average molecular weight is 358 g/mol. The van der Waals surface area contributed by atoms with Crippen molar-refractivity contribution in [3.63, 3.8) is 0 Å². The summed E-state index contributed by atoms with van der Waals surface area (Å²) < 4.78 is 39.9. The second kappa shape index (κ2) is 6.59. The molecule has 1 aromatic rings. The number of carbonyl (C=O) groups is 1. The first-order valence-corrected chi connectivity index (χ1v) is 7.82. The normalized spacial score (nSPS) is 21.0. The van der Waals surface area contributed by atoms with Gasteiger partial charge in [0.15, 0.2) is 0 Å². The van der Waals surface area contributed by atoms with E-state index in [0.717, 1.165) is 11.5 Å². The zero-order valence-corrected chi connectivity index (χ0v) is 13.3. The van der Waals surface area contributed by atoms with E-state index in [4.69, 9.17) is 11.6 Å². The van der Waals surface area contributed by atoms with Crippen molar-refractivity contribution in [3.8, 4) is 0 Å². The number of H-pyrrole nitrogens is 1. The van der Waals surface area contributed by atoms with Crippen molar-refractivity contribution in [2.75, 3.05) is 32.7 Å². The molecule has 0 aromatic carbocycles. The zero-order valence-electron chi connectivity index (χ0n) is 11.7. The van der Waals surface area contributed by atoms with Crippen LogP contribution in [0, 0.1) is 5.92 Å². The van der Waals surface area contributed by atoms with Crippen LogP contribution in [0.5, 0.6) is 0 Å². The Kier molecular flexibility index (Phi) is 5.18. The van der Waals surface area contributed by atoms with E-state index in [1.54, 1.807) is 6.92 Å². The number of hydrogen-bond acceptors (Lipinski definition) is 4. The van der Waals surface area contributed by atoms with E-state index in [9.17, 15) is 22.8 Å². The Bertz CT molecular complexity index is 601. The minimum absolute atomic E-state index is 0.100. The first kappa shape index (κ1) is 17.3. The first-order chi connectivity index (χ1) is 10.2. The number of hydrogen-bond donors (Lipinski definition) is 1. The number of rotatable bonds is 2. The molecule has 0 radical (unpaired) electrons. The van der Waals surface area contributed by atoms with Crippen LogP contribution in [0.2, 0.25) is 5.02 Å². The number of carbonyl (C=O) groups excluding carboxylic acids is 1. The largest absolute Gasteiger partial charge is 0.401 e. The van der Waals surface area contributed by atoms with E-state index in [2.05, 4.69) is 4.37 Å². The summed E-state index contributed by atoms with van der Waals surface area (Å²) in [5, 5.41) is -0.168.